The summed E-state index contributed by atoms with van der Waals surface area (Å²) in [5.41, 5.74) is 18.7. The van der Waals surface area contributed by atoms with Crippen molar-refractivity contribution in [3.63, 3.8) is 0 Å². The van der Waals surface area contributed by atoms with Gasteiger partial charge < -0.3 is 19.6 Å². The first kappa shape index (κ1) is 47.8. The highest BCUT2D eigenvalue weighted by Crippen LogP contribution is 2.57. The molecule has 0 N–H and O–H groups in total. The van der Waals surface area contributed by atoms with Crippen LogP contribution in [0.5, 0.6) is 0 Å². The minimum Gasteiger partial charge on any atom is -0.310 e. The Labute approximate surface area is 488 Å². The van der Waals surface area contributed by atoms with Gasteiger partial charge in [0.2, 0.25) is 0 Å². The van der Waals surface area contributed by atoms with Crippen LogP contribution < -0.4 is 19.6 Å². The summed E-state index contributed by atoms with van der Waals surface area (Å²) in [4.78, 5) is 10.1. The molecule has 0 aliphatic carbocycles. The lowest BCUT2D eigenvalue weighted by atomic mass is 9.89. The summed E-state index contributed by atoms with van der Waals surface area (Å²) in [6.07, 6.45) is 1.69. The molecule has 0 amide bonds. The van der Waals surface area contributed by atoms with Crippen LogP contribution in [0.1, 0.15) is 22.3 Å². The van der Waals surface area contributed by atoms with E-state index in [0.29, 0.717) is 0 Å². The van der Waals surface area contributed by atoms with Gasteiger partial charge in [-0.1, -0.05) is 206 Å². The van der Waals surface area contributed by atoms with Gasteiger partial charge in [0.15, 0.2) is 0 Å². The fraction of sp³-hybridized carbons (Fsp3) is 0.0250. The molecule has 17 rings (SSSR count). The molecule has 0 saturated heterocycles. The predicted molar refractivity (Wildman–Crippen MR) is 356 cm³/mol. The highest BCUT2D eigenvalue weighted by atomic mass is 15.2. The summed E-state index contributed by atoms with van der Waals surface area (Å²) in [5.74, 6) is 0. The van der Waals surface area contributed by atoms with Crippen molar-refractivity contribution in [2.45, 2.75) is 12.8 Å². The van der Waals surface area contributed by atoms with Crippen molar-refractivity contribution < 1.29 is 0 Å². The molecule has 4 nitrogen and oxygen atoms in total. The third-order valence-corrected chi connectivity index (χ3v) is 17.6. The molecule has 4 heteroatoms. The maximum absolute atomic E-state index is 2.59. The molecule has 394 valence electrons. The third-order valence-electron chi connectivity index (χ3n) is 17.6. The predicted octanol–water partition coefficient (Wildman–Crippen LogP) is 22.3. The van der Waals surface area contributed by atoms with Gasteiger partial charge in [-0.15, -0.1) is 0 Å². The van der Waals surface area contributed by atoms with E-state index < -0.39 is 0 Å². The zero-order chi connectivity index (χ0) is 55.2. The van der Waals surface area contributed by atoms with Gasteiger partial charge in [0.1, 0.15) is 0 Å². The molecule has 0 saturated carbocycles. The summed E-state index contributed by atoms with van der Waals surface area (Å²) in [7, 11) is 0. The van der Waals surface area contributed by atoms with Crippen LogP contribution in [0.15, 0.2) is 303 Å². The first-order chi connectivity index (χ1) is 41.6. The third kappa shape index (κ3) is 7.83. The van der Waals surface area contributed by atoms with Crippen LogP contribution in [0.3, 0.4) is 0 Å². The smallest absolute Gasteiger partial charge is 0.0621 e. The molecule has 2 aliphatic rings. The van der Waals surface area contributed by atoms with Crippen molar-refractivity contribution in [2.75, 3.05) is 19.6 Å². The van der Waals surface area contributed by atoms with Crippen LogP contribution in [-0.4, -0.2) is 0 Å². The van der Waals surface area contributed by atoms with Crippen molar-refractivity contribution in [1.82, 2.24) is 0 Å². The van der Waals surface area contributed by atoms with Crippen LogP contribution in [0.25, 0.3) is 64.6 Å². The van der Waals surface area contributed by atoms with Gasteiger partial charge in [0.05, 0.1) is 11.4 Å². The molecule has 84 heavy (non-hydrogen) atoms. The molecule has 15 aromatic carbocycles. The average Bonchev–Trinajstić information content (AvgIpc) is 2.15. The molecule has 2 aliphatic heterocycles. The van der Waals surface area contributed by atoms with Crippen molar-refractivity contribution >= 4 is 133 Å². The van der Waals surface area contributed by atoms with E-state index in [1.807, 2.05) is 0 Å². The van der Waals surface area contributed by atoms with E-state index in [-0.39, 0.29) is 0 Å². The van der Waals surface area contributed by atoms with Crippen molar-refractivity contribution in [3.05, 3.63) is 326 Å². The number of fused-ring (bicyclic) bond motifs is 10. The van der Waals surface area contributed by atoms with Crippen LogP contribution >= 0.6 is 0 Å². The lowest BCUT2D eigenvalue weighted by molar-refractivity contribution is 1.09. The SMILES string of the molecule is c1ccc2c(c1)Cc1ccccc1N2c1c2ccc(N(c3ccc4ccccc4c3)c3ccc4ccccc4c3)cc2c(N2c3ccccc3Cc3ccccc32)c2ccc(N(c3ccc4ccccc4c3)c3ccc4ccccc4c3)cc12. The quantitative estimate of drug-likeness (QED) is 0.141. The number of hydrogen-bond donors (Lipinski definition) is 0. The maximum Gasteiger partial charge on any atom is 0.0621 e. The van der Waals surface area contributed by atoms with Crippen LogP contribution in [-0.2, 0) is 12.8 Å². The van der Waals surface area contributed by atoms with Crippen molar-refractivity contribution in [1.29, 1.82) is 0 Å². The lowest BCUT2D eigenvalue weighted by Gasteiger charge is -2.38. The Kier molecular flexibility index (Phi) is 11.0. The Morgan fingerprint density at radius 2 is 0.440 bits per heavy atom. The number of rotatable bonds is 8. The largest absolute Gasteiger partial charge is 0.310 e. The minimum atomic E-state index is 0.845. The molecule has 0 spiro atoms. The van der Waals surface area contributed by atoms with E-state index in [0.717, 1.165) is 79.9 Å². The second kappa shape index (κ2) is 19.4. The minimum absolute atomic E-state index is 0.845. The van der Waals surface area contributed by atoms with E-state index in [1.165, 1.54) is 88.1 Å². The van der Waals surface area contributed by atoms with E-state index in [4.69, 9.17) is 0 Å². The van der Waals surface area contributed by atoms with Crippen LogP contribution in [0.4, 0.5) is 68.2 Å². The molecule has 0 bridgehead atoms. The monoisotopic (exact) mass is 1070 g/mol. The fourth-order valence-corrected chi connectivity index (χ4v) is 13.7. The van der Waals surface area contributed by atoms with Crippen molar-refractivity contribution in [3.8, 4) is 0 Å². The normalized spacial score (nSPS) is 12.6. The van der Waals surface area contributed by atoms with Gasteiger partial charge in [-0.05, 0) is 162 Å². The van der Waals surface area contributed by atoms with E-state index in [2.05, 4.69) is 323 Å². The zero-order valence-electron chi connectivity index (χ0n) is 46.1. The second-order valence-electron chi connectivity index (χ2n) is 22.5. The lowest BCUT2D eigenvalue weighted by Crippen LogP contribution is -2.21. The Morgan fingerprint density at radius 1 is 0.202 bits per heavy atom. The fourth-order valence-electron chi connectivity index (χ4n) is 13.7. The highest BCUT2D eigenvalue weighted by molar-refractivity contribution is 6.25. The Bertz CT molecular complexity index is 4580. The summed E-state index contributed by atoms with van der Waals surface area (Å²) >= 11 is 0. The Balaban J connectivity index is 1.02. The van der Waals surface area contributed by atoms with Gasteiger partial charge in [-0.25, -0.2) is 0 Å². The number of para-hydroxylation sites is 4. The summed E-state index contributed by atoms with van der Waals surface area (Å²) in [6.45, 7) is 0. The first-order valence-electron chi connectivity index (χ1n) is 29.1. The summed E-state index contributed by atoms with van der Waals surface area (Å²) in [6, 6.07) is 113. The number of hydrogen-bond acceptors (Lipinski definition) is 4. The first-order valence-corrected chi connectivity index (χ1v) is 29.1. The van der Waals surface area contributed by atoms with Gasteiger partial charge in [0.25, 0.3) is 0 Å². The number of nitrogens with zero attached hydrogens (tertiary/aromatic N) is 4. The molecule has 0 atom stereocenters. The van der Waals surface area contributed by atoms with Crippen molar-refractivity contribution in [2.24, 2.45) is 0 Å². The standard InChI is InChI=1S/C80H54N4/c1-5-21-57-47-65(37-33-53(57)17-1)81(66-38-34-54-18-2-6-22-58(54)48-66)69-41-43-71-73(51-69)79(83-75-29-13-9-25-61(75)45-62-26-10-14-30-76(62)83)72-44-42-70(52-74(72)80(71)84-77-31-15-11-27-63(77)46-64-28-12-16-32-78(64)84)82(67-39-35-55-19-3-7-23-59(55)49-67)68-40-36-56-20-4-8-24-60(56)50-68/h1-44,47-52H,45-46H2. The number of benzene rings is 15. The van der Waals surface area contributed by atoms with Gasteiger partial charge in [-0.3, -0.25) is 0 Å². The second-order valence-corrected chi connectivity index (χ2v) is 22.5. The average molecular weight is 1070 g/mol. The molecule has 2 heterocycles. The molecule has 0 fully saturated rings. The zero-order valence-corrected chi connectivity index (χ0v) is 46.1. The van der Waals surface area contributed by atoms with E-state index in [1.54, 1.807) is 0 Å². The Hall–Kier alpha value is -10.9. The van der Waals surface area contributed by atoms with E-state index >= 15 is 0 Å². The maximum atomic E-state index is 2.59. The van der Waals surface area contributed by atoms with Crippen LogP contribution in [0, 0.1) is 0 Å². The topological polar surface area (TPSA) is 13.0 Å². The van der Waals surface area contributed by atoms with E-state index in [9.17, 15) is 0 Å². The number of anilines is 12. The molecule has 0 aromatic heterocycles. The molecule has 0 unspecified atom stereocenters. The molecular formula is C80H54N4. The van der Waals surface area contributed by atoms with Gasteiger partial charge in [0, 0.05) is 91.3 Å². The van der Waals surface area contributed by atoms with Crippen LogP contribution in [0.2, 0.25) is 0 Å². The summed E-state index contributed by atoms with van der Waals surface area (Å²) < 4.78 is 0. The Morgan fingerprint density at radius 3 is 0.738 bits per heavy atom. The molecular weight excluding hydrogens is 1020 g/mol. The van der Waals surface area contributed by atoms with Gasteiger partial charge >= 0.3 is 0 Å². The summed E-state index contributed by atoms with van der Waals surface area (Å²) in [5, 5.41) is 14.2. The van der Waals surface area contributed by atoms with Gasteiger partial charge in [-0.2, -0.15) is 0 Å². The highest BCUT2D eigenvalue weighted by Gasteiger charge is 2.33. The molecule has 0 radical (unpaired) electrons. The molecule has 15 aromatic rings.